The van der Waals surface area contributed by atoms with Crippen molar-refractivity contribution in [3.63, 3.8) is 0 Å². The Kier molecular flexibility index (Phi) is 4.60. The number of hydrogen-bond acceptors (Lipinski definition) is 5. The van der Waals surface area contributed by atoms with Crippen LogP contribution in [0.2, 0.25) is 0 Å². The van der Waals surface area contributed by atoms with Crippen molar-refractivity contribution in [1.82, 2.24) is 4.72 Å². The van der Waals surface area contributed by atoms with Gasteiger partial charge in [0, 0.05) is 11.8 Å². The minimum Gasteiger partial charge on any atom is -0.454 e. The van der Waals surface area contributed by atoms with E-state index in [1.807, 2.05) is 0 Å². The molecule has 0 saturated carbocycles. The highest BCUT2D eigenvalue weighted by Crippen LogP contribution is 2.34. The monoisotopic (exact) mass is 366 g/mol. The van der Waals surface area contributed by atoms with Gasteiger partial charge in [-0.05, 0) is 43.3 Å². The van der Waals surface area contributed by atoms with Crippen molar-refractivity contribution in [2.45, 2.75) is 17.9 Å². The summed E-state index contributed by atoms with van der Waals surface area (Å²) < 4.78 is 50.0. The molecule has 0 bridgehead atoms. The first-order valence-corrected chi connectivity index (χ1v) is 8.82. The second kappa shape index (κ2) is 6.69. The normalized spacial score (nSPS) is 14.2. The minimum absolute atomic E-state index is 0.112. The number of sulfonamides is 1. The minimum atomic E-state index is -3.95. The smallest absolute Gasteiger partial charge is 0.242 e. The van der Waals surface area contributed by atoms with E-state index >= 15 is 0 Å². The lowest BCUT2D eigenvalue weighted by molar-refractivity contribution is -0.117. The molecule has 132 valence electrons. The van der Waals surface area contributed by atoms with Crippen LogP contribution in [-0.2, 0) is 14.8 Å². The highest BCUT2D eigenvalue weighted by atomic mass is 32.2. The molecule has 0 spiro atoms. The first kappa shape index (κ1) is 17.2. The summed E-state index contributed by atoms with van der Waals surface area (Å²) in [6.07, 6.45) is 0. The maximum atomic E-state index is 12.9. The Labute approximate surface area is 143 Å². The first-order chi connectivity index (χ1) is 11.8. The van der Waals surface area contributed by atoms with Crippen molar-refractivity contribution in [1.29, 1.82) is 0 Å². The van der Waals surface area contributed by atoms with E-state index in [1.54, 1.807) is 18.2 Å². The lowest BCUT2D eigenvalue weighted by Crippen LogP contribution is -2.41. The molecule has 0 radical (unpaired) electrons. The highest BCUT2D eigenvalue weighted by Gasteiger charge is 2.23. The largest absolute Gasteiger partial charge is 0.454 e. The summed E-state index contributed by atoms with van der Waals surface area (Å²) in [7, 11) is -3.95. The van der Waals surface area contributed by atoms with Crippen LogP contribution in [0.5, 0.6) is 11.5 Å². The number of fused-ring (bicyclic) bond motifs is 1. The molecule has 3 rings (SSSR count). The van der Waals surface area contributed by atoms with Crippen molar-refractivity contribution in [3.05, 3.63) is 48.3 Å². The van der Waals surface area contributed by atoms with Gasteiger partial charge in [0.2, 0.25) is 22.7 Å². The van der Waals surface area contributed by atoms with Crippen LogP contribution in [0.25, 0.3) is 0 Å². The summed E-state index contributed by atoms with van der Waals surface area (Å²) in [5.74, 6) is -0.0301. The summed E-state index contributed by atoms with van der Waals surface area (Å²) in [5, 5.41) is 2.59. The maximum Gasteiger partial charge on any atom is 0.242 e. The van der Waals surface area contributed by atoms with Gasteiger partial charge in [0.25, 0.3) is 0 Å². The molecule has 0 aromatic heterocycles. The molecule has 1 unspecified atom stereocenters. The third kappa shape index (κ3) is 3.89. The van der Waals surface area contributed by atoms with Crippen molar-refractivity contribution < 1.29 is 27.1 Å². The maximum absolute atomic E-state index is 12.9. The predicted molar refractivity (Wildman–Crippen MR) is 87.4 cm³/mol. The van der Waals surface area contributed by atoms with Crippen LogP contribution in [-0.4, -0.2) is 27.2 Å². The molecule has 1 aliphatic rings. The highest BCUT2D eigenvalue weighted by molar-refractivity contribution is 7.89. The van der Waals surface area contributed by atoms with E-state index < -0.39 is 27.8 Å². The molecule has 1 amide bonds. The SMILES string of the molecule is CC(NS(=O)(=O)c1ccc(F)cc1)C(=O)Nc1ccc2c(c1)OCO2. The molecule has 2 aromatic carbocycles. The number of amides is 1. The Morgan fingerprint density at radius 3 is 2.52 bits per heavy atom. The van der Waals surface area contributed by atoms with Gasteiger partial charge in [-0.2, -0.15) is 4.72 Å². The van der Waals surface area contributed by atoms with Gasteiger partial charge in [-0.25, -0.2) is 12.8 Å². The number of carbonyl (C=O) groups is 1. The number of anilines is 1. The standard InChI is InChI=1S/C16H15FN2O5S/c1-10(19-25(21,22)13-5-2-11(17)3-6-13)16(20)18-12-4-7-14-15(8-12)24-9-23-14/h2-8,10,19H,9H2,1H3,(H,18,20). The van der Waals surface area contributed by atoms with Crippen molar-refractivity contribution in [2.75, 3.05) is 12.1 Å². The van der Waals surface area contributed by atoms with Gasteiger partial charge in [-0.3, -0.25) is 4.79 Å². The van der Waals surface area contributed by atoms with Gasteiger partial charge < -0.3 is 14.8 Å². The molecule has 2 N–H and O–H groups in total. The number of rotatable bonds is 5. The Hall–Kier alpha value is -2.65. The summed E-state index contributed by atoms with van der Waals surface area (Å²) >= 11 is 0. The van der Waals surface area contributed by atoms with Crippen molar-refractivity contribution >= 4 is 21.6 Å². The summed E-state index contributed by atoms with van der Waals surface area (Å²) in [6, 6.07) is 8.12. The van der Waals surface area contributed by atoms with Crippen LogP contribution >= 0.6 is 0 Å². The number of carbonyl (C=O) groups excluding carboxylic acids is 1. The molecular formula is C16H15FN2O5S. The van der Waals surface area contributed by atoms with Gasteiger partial charge in [0.05, 0.1) is 10.9 Å². The van der Waals surface area contributed by atoms with Crippen LogP contribution in [0.1, 0.15) is 6.92 Å². The van der Waals surface area contributed by atoms with E-state index in [0.717, 1.165) is 24.3 Å². The average molecular weight is 366 g/mol. The second-order valence-electron chi connectivity index (χ2n) is 5.35. The average Bonchev–Trinajstić information content (AvgIpc) is 3.02. The van der Waals surface area contributed by atoms with Gasteiger partial charge >= 0.3 is 0 Å². The van der Waals surface area contributed by atoms with E-state index in [0.29, 0.717) is 17.2 Å². The Bertz CT molecular complexity index is 899. The molecule has 0 saturated heterocycles. The second-order valence-corrected chi connectivity index (χ2v) is 7.07. The molecule has 2 aromatic rings. The fraction of sp³-hybridized carbons (Fsp3) is 0.188. The van der Waals surface area contributed by atoms with E-state index in [-0.39, 0.29) is 11.7 Å². The predicted octanol–water partition coefficient (Wildman–Crippen LogP) is 1.86. The molecule has 1 aliphatic heterocycles. The van der Waals surface area contributed by atoms with Crippen LogP contribution in [0, 0.1) is 5.82 Å². The number of nitrogens with one attached hydrogen (secondary N) is 2. The van der Waals surface area contributed by atoms with E-state index in [1.165, 1.54) is 6.92 Å². The lowest BCUT2D eigenvalue weighted by atomic mass is 10.2. The van der Waals surface area contributed by atoms with Gasteiger partial charge in [0.15, 0.2) is 11.5 Å². The van der Waals surface area contributed by atoms with Crippen LogP contribution in [0.15, 0.2) is 47.4 Å². The van der Waals surface area contributed by atoms with Crippen LogP contribution in [0.4, 0.5) is 10.1 Å². The van der Waals surface area contributed by atoms with Crippen LogP contribution < -0.4 is 19.5 Å². The van der Waals surface area contributed by atoms with Gasteiger partial charge in [-0.15, -0.1) is 0 Å². The van der Waals surface area contributed by atoms with Gasteiger partial charge in [-0.1, -0.05) is 0 Å². The third-order valence-electron chi connectivity index (χ3n) is 3.49. The fourth-order valence-electron chi connectivity index (χ4n) is 2.19. The fourth-order valence-corrected chi connectivity index (χ4v) is 3.40. The van der Waals surface area contributed by atoms with Crippen molar-refractivity contribution in [2.24, 2.45) is 0 Å². The zero-order chi connectivity index (χ0) is 18.0. The molecule has 1 heterocycles. The topological polar surface area (TPSA) is 93.7 Å². The first-order valence-electron chi connectivity index (χ1n) is 7.33. The Balaban J connectivity index is 1.67. The van der Waals surface area contributed by atoms with Gasteiger partial charge in [0.1, 0.15) is 5.82 Å². The zero-order valence-electron chi connectivity index (χ0n) is 13.2. The molecule has 1 atom stereocenters. The summed E-state index contributed by atoms with van der Waals surface area (Å²) in [5.41, 5.74) is 0.446. The van der Waals surface area contributed by atoms with E-state index in [4.69, 9.17) is 9.47 Å². The number of halogens is 1. The molecule has 0 fully saturated rings. The van der Waals surface area contributed by atoms with Crippen LogP contribution in [0.3, 0.4) is 0 Å². The number of hydrogen-bond donors (Lipinski definition) is 2. The Morgan fingerprint density at radius 2 is 1.80 bits per heavy atom. The third-order valence-corrected chi connectivity index (χ3v) is 5.05. The quantitative estimate of drug-likeness (QED) is 0.842. The lowest BCUT2D eigenvalue weighted by Gasteiger charge is -2.14. The molecule has 7 nitrogen and oxygen atoms in total. The molecule has 25 heavy (non-hydrogen) atoms. The molecular weight excluding hydrogens is 351 g/mol. The van der Waals surface area contributed by atoms with E-state index in [2.05, 4.69) is 10.0 Å². The molecule has 9 heteroatoms. The summed E-state index contributed by atoms with van der Waals surface area (Å²) in [4.78, 5) is 12.1. The number of ether oxygens (including phenoxy) is 2. The zero-order valence-corrected chi connectivity index (χ0v) is 14.0. The van der Waals surface area contributed by atoms with E-state index in [9.17, 15) is 17.6 Å². The van der Waals surface area contributed by atoms with Crippen molar-refractivity contribution in [3.8, 4) is 11.5 Å². The summed E-state index contributed by atoms with van der Waals surface area (Å²) in [6.45, 7) is 1.52. The Morgan fingerprint density at radius 1 is 1.12 bits per heavy atom. The number of benzene rings is 2. The molecule has 0 aliphatic carbocycles.